The average molecular weight is 530 g/mol. The van der Waals surface area contributed by atoms with Gasteiger partial charge in [-0.15, -0.1) is 0 Å². The Morgan fingerprint density at radius 1 is 0.919 bits per heavy atom. The van der Waals surface area contributed by atoms with E-state index in [0.717, 1.165) is 11.1 Å². The van der Waals surface area contributed by atoms with E-state index in [1.165, 1.54) is 4.90 Å². The molecule has 0 aromatic heterocycles. The minimum absolute atomic E-state index is 0.257. The van der Waals surface area contributed by atoms with Gasteiger partial charge in [0.05, 0.1) is 10.7 Å². The van der Waals surface area contributed by atoms with Gasteiger partial charge in [0.1, 0.15) is 17.7 Å². The Bertz CT molecular complexity index is 1100. The molecule has 202 valence electrons. The van der Waals surface area contributed by atoms with Crippen LogP contribution in [0.3, 0.4) is 0 Å². The molecule has 0 saturated heterocycles. The standard InChI is InChI=1S/C29H40ClN3O4/c1-17(2)23(32-28(36)37-29(7,8)9)27(35)33(18(3)4)25(21-15-11-10-13-19(21)5)26(34)31-24-20(6)14-12-16-22(24)30/h10-18,23,25H,1-9H3,(H,31,34)(H,32,36). The van der Waals surface area contributed by atoms with Crippen molar-refractivity contribution in [3.63, 3.8) is 0 Å². The fraction of sp³-hybridized carbons (Fsp3) is 0.483. The van der Waals surface area contributed by atoms with Crippen LogP contribution >= 0.6 is 11.6 Å². The Kier molecular flexibility index (Phi) is 10.2. The van der Waals surface area contributed by atoms with Gasteiger partial charge in [0, 0.05) is 6.04 Å². The van der Waals surface area contributed by atoms with Crippen molar-refractivity contribution in [3.05, 3.63) is 64.2 Å². The quantitative estimate of drug-likeness (QED) is 0.413. The number of nitrogens with one attached hydrogen (secondary N) is 2. The van der Waals surface area contributed by atoms with Gasteiger partial charge in [-0.2, -0.15) is 0 Å². The molecule has 0 spiro atoms. The van der Waals surface area contributed by atoms with Crippen molar-refractivity contribution in [1.29, 1.82) is 0 Å². The van der Waals surface area contributed by atoms with Crippen LogP contribution in [0.15, 0.2) is 42.5 Å². The van der Waals surface area contributed by atoms with Gasteiger partial charge in [-0.05, 0) is 77.1 Å². The lowest BCUT2D eigenvalue weighted by atomic mass is 9.95. The van der Waals surface area contributed by atoms with E-state index in [2.05, 4.69) is 10.6 Å². The van der Waals surface area contributed by atoms with Crippen LogP contribution in [0, 0.1) is 19.8 Å². The summed E-state index contributed by atoms with van der Waals surface area (Å²) >= 11 is 6.41. The fourth-order valence-electron chi connectivity index (χ4n) is 4.08. The molecule has 0 aliphatic carbocycles. The first-order valence-electron chi connectivity index (χ1n) is 12.6. The highest BCUT2D eigenvalue weighted by molar-refractivity contribution is 6.34. The zero-order valence-corrected chi connectivity index (χ0v) is 24.1. The van der Waals surface area contributed by atoms with Crippen molar-refractivity contribution in [1.82, 2.24) is 10.2 Å². The van der Waals surface area contributed by atoms with E-state index in [4.69, 9.17) is 16.3 Å². The molecule has 0 bridgehead atoms. The van der Waals surface area contributed by atoms with E-state index in [-0.39, 0.29) is 17.9 Å². The lowest BCUT2D eigenvalue weighted by Crippen LogP contribution is -2.56. The van der Waals surface area contributed by atoms with Gasteiger partial charge in [-0.3, -0.25) is 9.59 Å². The number of alkyl carbamates (subject to hydrolysis) is 1. The smallest absolute Gasteiger partial charge is 0.408 e. The summed E-state index contributed by atoms with van der Waals surface area (Å²) in [6.45, 7) is 16.4. The molecular formula is C29H40ClN3O4. The molecule has 3 amide bonds. The second-order valence-corrected chi connectivity index (χ2v) is 11.3. The molecule has 2 rings (SSSR count). The molecule has 2 unspecified atom stereocenters. The number of carbonyl (C=O) groups is 3. The maximum atomic E-state index is 14.1. The number of ether oxygens (including phenoxy) is 1. The number of anilines is 1. The highest BCUT2D eigenvalue weighted by atomic mass is 35.5. The van der Waals surface area contributed by atoms with Crippen LogP contribution in [0.25, 0.3) is 0 Å². The van der Waals surface area contributed by atoms with Crippen molar-refractivity contribution in [2.45, 2.75) is 86.0 Å². The number of nitrogens with zero attached hydrogens (tertiary/aromatic N) is 1. The monoisotopic (exact) mass is 529 g/mol. The second-order valence-electron chi connectivity index (χ2n) is 10.9. The summed E-state index contributed by atoms with van der Waals surface area (Å²) in [5.41, 5.74) is 2.13. The number of aryl methyl sites for hydroxylation is 2. The van der Waals surface area contributed by atoms with E-state index < -0.39 is 29.7 Å². The third-order valence-electron chi connectivity index (χ3n) is 5.90. The van der Waals surface area contributed by atoms with Gasteiger partial charge in [-0.1, -0.05) is 61.8 Å². The number of carbonyl (C=O) groups excluding carboxylic acids is 3. The summed E-state index contributed by atoms with van der Waals surface area (Å²) in [5.74, 6) is -1.03. The van der Waals surface area contributed by atoms with Crippen molar-refractivity contribution in [2.24, 2.45) is 5.92 Å². The molecule has 0 heterocycles. The van der Waals surface area contributed by atoms with Gasteiger partial charge in [0.2, 0.25) is 5.91 Å². The molecule has 2 N–H and O–H groups in total. The third kappa shape index (κ3) is 7.96. The summed E-state index contributed by atoms with van der Waals surface area (Å²) in [5, 5.41) is 6.10. The van der Waals surface area contributed by atoms with Gasteiger partial charge in [-0.25, -0.2) is 4.79 Å². The molecule has 8 heteroatoms. The molecule has 0 fully saturated rings. The maximum Gasteiger partial charge on any atom is 0.408 e. The van der Waals surface area contributed by atoms with E-state index in [0.29, 0.717) is 16.3 Å². The molecule has 2 aromatic rings. The third-order valence-corrected chi connectivity index (χ3v) is 6.21. The number of benzene rings is 2. The highest BCUT2D eigenvalue weighted by Gasteiger charge is 2.39. The molecule has 2 atom stereocenters. The minimum Gasteiger partial charge on any atom is -0.444 e. The predicted octanol–water partition coefficient (Wildman–Crippen LogP) is 6.42. The number of amides is 3. The predicted molar refractivity (Wildman–Crippen MR) is 149 cm³/mol. The fourth-order valence-corrected chi connectivity index (χ4v) is 4.35. The topological polar surface area (TPSA) is 87.7 Å². The number of para-hydroxylation sites is 1. The summed E-state index contributed by atoms with van der Waals surface area (Å²) in [6.07, 6.45) is -0.688. The molecule has 0 radical (unpaired) electrons. The average Bonchev–Trinajstić information content (AvgIpc) is 2.77. The van der Waals surface area contributed by atoms with Crippen molar-refractivity contribution >= 4 is 35.2 Å². The maximum absolute atomic E-state index is 14.1. The molecule has 7 nitrogen and oxygen atoms in total. The molecule has 2 aromatic carbocycles. The zero-order valence-electron chi connectivity index (χ0n) is 23.3. The number of halogens is 1. The Morgan fingerprint density at radius 3 is 2.03 bits per heavy atom. The van der Waals surface area contributed by atoms with Crippen LogP contribution in [0.4, 0.5) is 10.5 Å². The Labute approximate surface area is 225 Å². The second kappa shape index (κ2) is 12.5. The molecule has 37 heavy (non-hydrogen) atoms. The molecule has 0 aliphatic rings. The number of hydrogen-bond donors (Lipinski definition) is 2. The first-order chi connectivity index (χ1) is 17.1. The first-order valence-corrected chi connectivity index (χ1v) is 12.9. The van der Waals surface area contributed by atoms with Crippen LogP contribution < -0.4 is 10.6 Å². The van der Waals surface area contributed by atoms with Gasteiger partial charge < -0.3 is 20.3 Å². The summed E-state index contributed by atoms with van der Waals surface area (Å²) in [4.78, 5) is 42.2. The Morgan fingerprint density at radius 2 is 1.51 bits per heavy atom. The SMILES string of the molecule is Cc1ccccc1C(C(=O)Nc1c(C)cccc1Cl)N(C(=O)C(NC(=O)OC(C)(C)C)C(C)C)C(C)C. The summed E-state index contributed by atoms with van der Waals surface area (Å²) in [6, 6.07) is 10.6. The van der Waals surface area contributed by atoms with Crippen molar-refractivity contribution in [3.8, 4) is 0 Å². The van der Waals surface area contributed by atoms with E-state index in [9.17, 15) is 14.4 Å². The summed E-state index contributed by atoms with van der Waals surface area (Å²) in [7, 11) is 0. The molecular weight excluding hydrogens is 490 g/mol. The van der Waals surface area contributed by atoms with E-state index in [1.54, 1.807) is 26.8 Å². The van der Waals surface area contributed by atoms with Gasteiger partial charge >= 0.3 is 6.09 Å². The van der Waals surface area contributed by atoms with Crippen LogP contribution in [0.1, 0.15) is 71.2 Å². The lowest BCUT2D eigenvalue weighted by Gasteiger charge is -2.38. The number of hydrogen-bond acceptors (Lipinski definition) is 4. The Balaban J connectivity index is 2.57. The van der Waals surface area contributed by atoms with Crippen molar-refractivity contribution < 1.29 is 19.1 Å². The Hall–Kier alpha value is -3.06. The van der Waals surface area contributed by atoms with Crippen LogP contribution in [0.5, 0.6) is 0 Å². The number of rotatable bonds is 8. The lowest BCUT2D eigenvalue weighted by molar-refractivity contribution is -0.143. The highest BCUT2D eigenvalue weighted by Crippen LogP contribution is 2.32. The molecule has 0 saturated carbocycles. The molecule has 0 aliphatic heterocycles. The largest absolute Gasteiger partial charge is 0.444 e. The van der Waals surface area contributed by atoms with Crippen LogP contribution in [-0.4, -0.2) is 40.5 Å². The van der Waals surface area contributed by atoms with Gasteiger partial charge in [0.15, 0.2) is 0 Å². The van der Waals surface area contributed by atoms with Crippen LogP contribution in [0.2, 0.25) is 5.02 Å². The zero-order chi connectivity index (χ0) is 28.1. The van der Waals surface area contributed by atoms with Crippen molar-refractivity contribution in [2.75, 3.05) is 5.32 Å². The normalized spacial score (nSPS) is 13.2. The van der Waals surface area contributed by atoms with E-state index >= 15 is 0 Å². The van der Waals surface area contributed by atoms with E-state index in [1.807, 2.05) is 77.9 Å². The van der Waals surface area contributed by atoms with Crippen LogP contribution in [-0.2, 0) is 14.3 Å². The summed E-state index contributed by atoms with van der Waals surface area (Å²) < 4.78 is 5.41. The first kappa shape index (κ1) is 30.2. The van der Waals surface area contributed by atoms with Gasteiger partial charge in [0.25, 0.3) is 5.91 Å². The minimum atomic E-state index is -0.967.